The van der Waals surface area contributed by atoms with Gasteiger partial charge in [-0.15, -0.1) is 0 Å². The number of halogens is 1. The van der Waals surface area contributed by atoms with Crippen molar-refractivity contribution in [3.63, 3.8) is 0 Å². The number of anilines is 2. The molecule has 6 rings (SSSR count). The Labute approximate surface area is 299 Å². The van der Waals surface area contributed by atoms with Crippen LogP contribution in [-0.2, 0) is 19.1 Å². The number of fused-ring (bicyclic) bond motifs is 1. The van der Waals surface area contributed by atoms with Gasteiger partial charge in [0.1, 0.15) is 11.4 Å². The number of hydrogen-bond donors (Lipinski definition) is 0. The third kappa shape index (κ3) is 7.98. The zero-order valence-corrected chi connectivity index (χ0v) is 30.2. The molecule has 0 spiro atoms. The Morgan fingerprint density at radius 2 is 1.78 bits per heavy atom. The summed E-state index contributed by atoms with van der Waals surface area (Å²) in [5.74, 6) is -0.715. The van der Waals surface area contributed by atoms with E-state index < -0.39 is 23.4 Å². The highest BCUT2D eigenvalue weighted by atomic mass is 19.1. The molecule has 51 heavy (non-hydrogen) atoms. The second kappa shape index (κ2) is 15.3. The van der Waals surface area contributed by atoms with Gasteiger partial charge in [-0.25, -0.2) is 9.18 Å². The lowest BCUT2D eigenvalue weighted by atomic mass is 9.78. The molecule has 0 unspecified atom stereocenters. The van der Waals surface area contributed by atoms with E-state index in [1.54, 1.807) is 29.0 Å². The van der Waals surface area contributed by atoms with E-state index in [0.29, 0.717) is 49.7 Å². The average Bonchev–Trinajstić information content (AvgIpc) is 3.09. The molecule has 3 amide bonds. The number of nitrogens with zero attached hydrogens (tertiary/aromatic N) is 3. The van der Waals surface area contributed by atoms with Crippen LogP contribution in [0.25, 0.3) is 11.1 Å². The fraction of sp³-hybridized carbons (Fsp3) is 0.475. The zero-order valence-electron chi connectivity index (χ0n) is 30.2. The minimum Gasteiger partial charge on any atom is -0.494 e. The molecule has 2 fully saturated rings. The molecule has 11 heteroatoms. The van der Waals surface area contributed by atoms with Crippen LogP contribution in [0.1, 0.15) is 64.4 Å². The van der Waals surface area contributed by atoms with Crippen LogP contribution in [0.2, 0.25) is 0 Å². The van der Waals surface area contributed by atoms with Crippen molar-refractivity contribution in [3.05, 3.63) is 72.0 Å². The molecule has 272 valence electrons. The van der Waals surface area contributed by atoms with E-state index in [1.807, 2.05) is 68.1 Å². The lowest BCUT2D eigenvalue weighted by Gasteiger charge is -2.44. The third-order valence-electron chi connectivity index (χ3n) is 9.95. The number of ether oxygens (including phenoxy) is 4. The van der Waals surface area contributed by atoms with Crippen molar-refractivity contribution in [1.82, 2.24) is 4.90 Å². The summed E-state index contributed by atoms with van der Waals surface area (Å²) < 4.78 is 36.3. The molecule has 2 atom stereocenters. The van der Waals surface area contributed by atoms with Crippen LogP contribution in [0.4, 0.5) is 20.6 Å². The van der Waals surface area contributed by atoms with Gasteiger partial charge in [0.2, 0.25) is 5.91 Å². The number of carbonyl (C=O) groups excluding carboxylic acids is 3. The largest absolute Gasteiger partial charge is 0.494 e. The summed E-state index contributed by atoms with van der Waals surface area (Å²) in [6.07, 6.45) is 3.47. The second-order valence-corrected chi connectivity index (χ2v) is 14.5. The van der Waals surface area contributed by atoms with E-state index in [2.05, 4.69) is 0 Å². The van der Waals surface area contributed by atoms with Gasteiger partial charge in [-0.3, -0.25) is 9.59 Å². The fourth-order valence-electron chi connectivity index (χ4n) is 7.18. The number of hydrogen-bond acceptors (Lipinski definition) is 7. The molecule has 3 aromatic rings. The fourth-order valence-corrected chi connectivity index (χ4v) is 7.18. The number of benzene rings is 3. The molecule has 0 N–H and O–H groups in total. The van der Waals surface area contributed by atoms with E-state index in [-0.39, 0.29) is 42.7 Å². The normalized spacial score (nSPS) is 19.1. The van der Waals surface area contributed by atoms with Gasteiger partial charge in [-0.05, 0) is 106 Å². The van der Waals surface area contributed by atoms with Gasteiger partial charge in [0.15, 0.2) is 18.2 Å². The molecule has 2 aliphatic heterocycles. The van der Waals surface area contributed by atoms with E-state index in [1.165, 1.54) is 13.2 Å². The molecule has 1 aliphatic carbocycles. The summed E-state index contributed by atoms with van der Waals surface area (Å²) in [7, 11) is 3.07. The van der Waals surface area contributed by atoms with Crippen molar-refractivity contribution in [2.45, 2.75) is 70.4 Å². The highest BCUT2D eigenvalue weighted by molar-refractivity contribution is 6.01. The molecule has 1 saturated carbocycles. The smallest absolute Gasteiger partial charge is 0.410 e. The highest BCUT2D eigenvalue weighted by Crippen LogP contribution is 2.42. The van der Waals surface area contributed by atoms with E-state index >= 15 is 4.79 Å². The summed E-state index contributed by atoms with van der Waals surface area (Å²) in [6, 6.07) is 18.3. The Morgan fingerprint density at radius 3 is 2.49 bits per heavy atom. The maximum Gasteiger partial charge on any atom is 0.410 e. The van der Waals surface area contributed by atoms with Crippen LogP contribution in [0.15, 0.2) is 60.7 Å². The summed E-state index contributed by atoms with van der Waals surface area (Å²) in [6.45, 7) is 7.04. The zero-order chi connectivity index (χ0) is 36.3. The van der Waals surface area contributed by atoms with E-state index in [4.69, 9.17) is 18.9 Å². The van der Waals surface area contributed by atoms with Gasteiger partial charge < -0.3 is 33.6 Å². The van der Waals surface area contributed by atoms with Crippen LogP contribution < -0.4 is 19.3 Å². The van der Waals surface area contributed by atoms with Crippen molar-refractivity contribution in [3.8, 4) is 22.6 Å². The molecule has 0 radical (unpaired) electrons. The first-order chi connectivity index (χ1) is 24.5. The molecule has 3 aromatic carbocycles. The lowest BCUT2D eigenvalue weighted by Crippen LogP contribution is -2.54. The van der Waals surface area contributed by atoms with Gasteiger partial charge >= 0.3 is 6.09 Å². The lowest BCUT2D eigenvalue weighted by molar-refractivity contribution is -0.125. The molecular formula is C40H48FN3O7. The Balaban J connectivity index is 1.37. The van der Waals surface area contributed by atoms with Crippen LogP contribution in [0.5, 0.6) is 11.5 Å². The number of rotatable bonds is 10. The highest BCUT2D eigenvalue weighted by Gasteiger charge is 2.43. The first-order valence-electron chi connectivity index (χ1n) is 17.8. The first kappa shape index (κ1) is 36.2. The Kier molecular flexibility index (Phi) is 10.9. The predicted molar refractivity (Wildman–Crippen MR) is 193 cm³/mol. The average molecular weight is 702 g/mol. The van der Waals surface area contributed by atoms with Crippen molar-refractivity contribution >= 4 is 29.3 Å². The number of carbonyl (C=O) groups is 3. The maximum atomic E-state index is 15.1. The molecule has 3 aliphatic rings. The topological polar surface area (TPSA) is 97.9 Å². The summed E-state index contributed by atoms with van der Waals surface area (Å²) in [5, 5.41) is 0. The molecule has 0 bridgehead atoms. The number of piperidine rings is 1. The third-order valence-corrected chi connectivity index (χ3v) is 9.95. The first-order valence-corrected chi connectivity index (χ1v) is 17.8. The molecule has 2 heterocycles. The summed E-state index contributed by atoms with van der Waals surface area (Å²) in [5.41, 5.74) is 3.26. The predicted octanol–water partition coefficient (Wildman–Crippen LogP) is 7.19. The maximum absolute atomic E-state index is 15.1. The van der Waals surface area contributed by atoms with Gasteiger partial charge in [0.25, 0.3) is 5.91 Å². The van der Waals surface area contributed by atoms with Gasteiger partial charge in [-0.1, -0.05) is 30.3 Å². The van der Waals surface area contributed by atoms with E-state index in [9.17, 15) is 14.0 Å². The molecular weight excluding hydrogens is 653 g/mol. The SMILES string of the molecule is COCCCN1C(=O)COc2ccc(N(C(=O)[C@H]3CN(C(=O)OC(C)(C)C)CC[C@@H]3c3cccc(-c4ccc(F)c(OC)c4)c3)C3CCC3)cc21. The van der Waals surface area contributed by atoms with Crippen LogP contribution in [0.3, 0.4) is 0 Å². The molecule has 1 saturated heterocycles. The number of methoxy groups -OCH3 is 2. The van der Waals surface area contributed by atoms with Gasteiger partial charge in [0.05, 0.1) is 18.7 Å². The van der Waals surface area contributed by atoms with Crippen LogP contribution in [0, 0.1) is 11.7 Å². The van der Waals surface area contributed by atoms with Crippen molar-refractivity contribution in [2.75, 3.05) is 56.9 Å². The van der Waals surface area contributed by atoms with Gasteiger partial charge in [-0.2, -0.15) is 0 Å². The summed E-state index contributed by atoms with van der Waals surface area (Å²) >= 11 is 0. The molecule has 10 nitrogen and oxygen atoms in total. The number of likely N-dealkylation sites (tertiary alicyclic amines) is 1. The van der Waals surface area contributed by atoms with E-state index in [0.717, 1.165) is 36.0 Å². The van der Waals surface area contributed by atoms with Crippen molar-refractivity contribution in [1.29, 1.82) is 0 Å². The minimum absolute atomic E-state index is 0.0201. The monoisotopic (exact) mass is 701 g/mol. The van der Waals surface area contributed by atoms with Gasteiger partial charge in [0, 0.05) is 45.1 Å². The van der Waals surface area contributed by atoms with Crippen LogP contribution in [-0.4, -0.2) is 81.5 Å². The number of amides is 3. The van der Waals surface area contributed by atoms with Crippen molar-refractivity contribution in [2.24, 2.45) is 5.92 Å². The minimum atomic E-state index is -0.687. The van der Waals surface area contributed by atoms with Crippen molar-refractivity contribution < 1.29 is 37.7 Å². The quantitative estimate of drug-likeness (QED) is 0.207. The standard InChI is InChI=1S/C40H48FN3O7/c1-40(2,3)51-39(47)42-19-17-31(28-10-6-9-26(21-28)27-13-15-33(41)36(22-27)49-5)32(24-42)38(46)44(29-11-7-12-29)30-14-16-35-34(23-30)43(18-8-20-48-4)37(45)25-50-35/h6,9-10,13-16,21-23,29,31-32H,7-8,11-12,17-20,24-25H2,1-5H3/t31-,32+/m1/s1. The second-order valence-electron chi connectivity index (χ2n) is 14.5. The Morgan fingerprint density at radius 1 is 1.00 bits per heavy atom. The summed E-state index contributed by atoms with van der Waals surface area (Å²) in [4.78, 5) is 46.8. The Hall–Kier alpha value is -4.64. The van der Waals surface area contributed by atoms with Crippen LogP contribution >= 0.6 is 0 Å². The molecule has 0 aromatic heterocycles. The Bertz CT molecular complexity index is 1750.